The summed E-state index contributed by atoms with van der Waals surface area (Å²) < 4.78 is 14.5. The largest absolute Gasteiger partial charge is 0.453 e. The van der Waals surface area contributed by atoms with E-state index < -0.39 is 12.2 Å². The first-order valence-corrected chi connectivity index (χ1v) is 6.80. The zero-order valence-corrected chi connectivity index (χ0v) is 12.5. The van der Waals surface area contributed by atoms with Crippen molar-refractivity contribution in [2.75, 3.05) is 56.1 Å². The number of hydrogen-bond donors (Lipinski definition) is 2. The number of carbonyl (C=O) groups is 2. The first-order valence-electron chi connectivity index (χ1n) is 6.80. The lowest BCUT2D eigenvalue weighted by Crippen LogP contribution is -2.36. The molecule has 120 valence electrons. The van der Waals surface area contributed by atoms with Crippen LogP contribution in [0.3, 0.4) is 0 Å². The molecule has 0 saturated carbocycles. The lowest BCUT2D eigenvalue weighted by molar-refractivity contribution is 0.123. The van der Waals surface area contributed by atoms with Crippen LogP contribution in [0.4, 0.5) is 26.7 Å². The second kappa shape index (κ2) is 7.51. The fraction of sp³-hybridized carbons (Fsp3) is 0.429. The van der Waals surface area contributed by atoms with E-state index in [1.54, 1.807) is 18.2 Å². The molecule has 1 heterocycles. The predicted octanol–water partition coefficient (Wildman–Crippen LogP) is 1.88. The number of carbonyl (C=O) groups excluding carboxylic acids is 2. The fourth-order valence-electron chi connectivity index (χ4n) is 2.11. The van der Waals surface area contributed by atoms with Gasteiger partial charge in [0, 0.05) is 18.8 Å². The summed E-state index contributed by atoms with van der Waals surface area (Å²) in [5, 5.41) is 5.27. The van der Waals surface area contributed by atoms with E-state index in [1.165, 1.54) is 14.2 Å². The Bertz CT molecular complexity index is 543. The Kier molecular flexibility index (Phi) is 5.42. The minimum Gasteiger partial charge on any atom is -0.453 e. The van der Waals surface area contributed by atoms with Crippen LogP contribution in [0, 0.1) is 0 Å². The predicted molar refractivity (Wildman–Crippen MR) is 81.5 cm³/mol. The molecule has 8 nitrogen and oxygen atoms in total. The normalized spacial score (nSPS) is 14.2. The highest BCUT2D eigenvalue weighted by Crippen LogP contribution is 2.30. The maximum absolute atomic E-state index is 11.5. The third kappa shape index (κ3) is 4.01. The maximum atomic E-state index is 11.5. The fourth-order valence-corrected chi connectivity index (χ4v) is 2.11. The number of ether oxygens (including phenoxy) is 3. The van der Waals surface area contributed by atoms with Crippen LogP contribution in [0.1, 0.15) is 0 Å². The number of nitrogens with zero attached hydrogens (tertiary/aromatic N) is 1. The van der Waals surface area contributed by atoms with Gasteiger partial charge in [0.1, 0.15) is 0 Å². The SMILES string of the molecule is COC(=O)Nc1ccc(NC(=O)OC)c(N2CCOCC2)c1. The molecule has 1 aliphatic rings. The van der Waals surface area contributed by atoms with Gasteiger partial charge in [-0.05, 0) is 18.2 Å². The third-order valence-electron chi connectivity index (χ3n) is 3.20. The number of amides is 2. The van der Waals surface area contributed by atoms with Crippen LogP contribution in [0.2, 0.25) is 0 Å². The lowest BCUT2D eigenvalue weighted by Gasteiger charge is -2.30. The van der Waals surface area contributed by atoms with Gasteiger partial charge in [-0.25, -0.2) is 9.59 Å². The molecule has 0 unspecified atom stereocenters. The van der Waals surface area contributed by atoms with Gasteiger partial charge in [-0.1, -0.05) is 0 Å². The van der Waals surface area contributed by atoms with Gasteiger partial charge in [-0.2, -0.15) is 0 Å². The summed E-state index contributed by atoms with van der Waals surface area (Å²) in [5.41, 5.74) is 1.95. The lowest BCUT2D eigenvalue weighted by atomic mass is 10.2. The monoisotopic (exact) mass is 309 g/mol. The number of methoxy groups -OCH3 is 2. The topological polar surface area (TPSA) is 89.1 Å². The van der Waals surface area contributed by atoms with Gasteiger partial charge in [0.2, 0.25) is 0 Å². The van der Waals surface area contributed by atoms with E-state index in [1.807, 2.05) is 0 Å². The van der Waals surface area contributed by atoms with Crippen molar-refractivity contribution >= 4 is 29.2 Å². The van der Waals surface area contributed by atoms with Crippen molar-refractivity contribution in [3.05, 3.63) is 18.2 Å². The molecule has 22 heavy (non-hydrogen) atoms. The maximum Gasteiger partial charge on any atom is 0.411 e. The minimum absolute atomic E-state index is 0.553. The molecule has 1 saturated heterocycles. The van der Waals surface area contributed by atoms with Crippen LogP contribution >= 0.6 is 0 Å². The summed E-state index contributed by atoms with van der Waals surface area (Å²) >= 11 is 0. The number of benzene rings is 1. The van der Waals surface area contributed by atoms with Gasteiger partial charge in [0.05, 0.1) is 38.8 Å². The van der Waals surface area contributed by atoms with Crippen molar-refractivity contribution in [3.63, 3.8) is 0 Å². The number of nitrogens with one attached hydrogen (secondary N) is 2. The number of rotatable bonds is 3. The van der Waals surface area contributed by atoms with Gasteiger partial charge in [-0.3, -0.25) is 10.6 Å². The summed E-state index contributed by atoms with van der Waals surface area (Å²) in [6, 6.07) is 5.15. The second-order valence-electron chi connectivity index (χ2n) is 4.56. The van der Waals surface area contributed by atoms with Crippen molar-refractivity contribution in [1.29, 1.82) is 0 Å². The van der Waals surface area contributed by atoms with Crippen molar-refractivity contribution in [2.45, 2.75) is 0 Å². The molecule has 1 fully saturated rings. The molecular weight excluding hydrogens is 290 g/mol. The molecular formula is C14H19N3O5. The summed E-state index contributed by atoms with van der Waals surface area (Å²) in [7, 11) is 2.60. The van der Waals surface area contributed by atoms with E-state index in [9.17, 15) is 9.59 Å². The highest BCUT2D eigenvalue weighted by molar-refractivity contribution is 5.92. The molecule has 0 bridgehead atoms. The zero-order chi connectivity index (χ0) is 15.9. The molecule has 0 radical (unpaired) electrons. The summed E-state index contributed by atoms with van der Waals surface area (Å²) in [5.74, 6) is 0. The van der Waals surface area contributed by atoms with Gasteiger partial charge >= 0.3 is 12.2 Å². The molecule has 0 spiro atoms. The summed E-state index contributed by atoms with van der Waals surface area (Å²) in [6.07, 6.45) is -1.11. The third-order valence-corrected chi connectivity index (χ3v) is 3.20. The Balaban J connectivity index is 2.27. The molecule has 1 aromatic rings. The quantitative estimate of drug-likeness (QED) is 0.886. The molecule has 1 aliphatic heterocycles. The summed E-state index contributed by atoms with van der Waals surface area (Å²) in [4.78, 5) is 24.8. The number of morpholine rings is 1. The van der Waals surface area contributed by atoms with E-state index in [0.29, 0.717) is 37.7 Å². The average molecular weight is 309 g/mol. The van der Waals surface area contributed by atoms with Crippen molar-refractivity contribution in [1.82, 2.24) is 0 Å². The van der Waals surface area contributed by atoms with E-state index in [4.69, 9.17) is 4.74 Å². The number of hydrogen-bond acceptors (Lipinski definition) is 6. The van der Waals surface area contributed by atoms with E-state index in [0.717, 1.165) is 5.69 Å². The van der Waals surface area contributed by atoms with Gasteiger partial charge in [0.15, 0.2) is 0 Å². The van der Waals surface area contributed by atoms with Crippen LogP contribution in [0.5, 0.6) is 0 Å². The van der Waals surface area contributed by atoms with Crippen LogP contribution in [-0.4, -0.2) is 52.7 Å². The minimum atomic E-state index is -0.554. The molecule has 8 heteroatoms. The van der Waals surface area contributed by atoms with Gasteiger partial charge in [-0.15, -0.1) is 0 Å². The van der Waals surface area contributed by atoms with Crippen molar-refractivity contribution in [2.24, 2.45) is 0 Å². The Hall–Kier alpha value is -2.48. The molecule has 2 amide bonds. The van der Waals surface area contributed by atoms with E-state index >= 15 is 0 Å². The number of anilines is 3. The molecule has 2 N–H and O–H groups in total. The standard InChI is InChI=1S/C14H19N3O5/c1-20-13(18)15-10-3-4-11(16-14(19)21-2)12(9-10)17-5-7-22-8-6-17/h3-4,9H,5-8H2,1-2H3,(H,15,18)(H,16,19). The molecule has 0 aromatic heterocycles. The van der Waals surface area contributed by atoms with Crippen LogP contribution in [0.25, 0.3) is 0 Å². The van der Waals surface area contributed by atoms with Gasteiger partial charge < -0.3 is 19.1 Å². The van der Waals surface area contributed by atoms with Crippen LogP contribution < -0.4 is 15.5 Å². The zero-order valence-electron chi connectivity index (χ0n) is 12.5. The van der Waals surface area contributed by atoms with Crippen molar-refractivity contribution in [3.8, 4) is 0 Å². The highest BCUT2D eigenvalue weighted by atomic mass is 16.5. The first kappa shape index (κ1) is 15.9. The highest BCUT2D eigenvalue weighted by Gasteiger charge is 2.17. The molecule has 0 aliphatic carbocycles. The van der Waals surface area contributed by atoms with Crippen LogP contribution in [0.15, 0.2) is 18.2 Å². The Morgan fingerprint density at radius 3 is 2.36 bits per heavy atom. The Morgan fingerprint density at radius 2 is 1.73 bits per heavy atom. The average Bonchev–Trinajstić information content (AvgIpc) is 2.56. The van der Waals surface area contributed by atoms with E-state index in [2.05, 4.69) is 25.0 Å². The molecule has 0 atom stereocenters. The smallest absolute Gasteiger partial charge is 0.411 e. The summed E-state index contributed by atoms with van der Waals surface area (Å²) in [6.45, 7) is 2.59. The van der Waals surface area contributed by atoms with Crippen LogP contribution in [-0.2, 0) is 14.2 Å². The molecule has 1 aromatic carbocycles. The second-order valence-corrected chi connectivity index (χ2v) is 4.56. The molecule has 2 rings (SSSR count). The Morgan fingerprint density at radius 1 is 1.09 bits per heavy atom. The van der Waals surface area contributed by atoms with E-state index in [-0.39, 0.29) is 0 Å². The first-order chi connectivity index (χ1) is 10.6. The van der Waals surface area contributed by atoms with Gasteiger partial charge in [0.25, 0.3) is 0 Å². The Labute approximate surface area is 128 Å². The van der Waals surface area contributed by atoms with Crippen molar-refractivity contribution < 1.29 is 23.8 Å².